The van der Waals surface area contributed by atoms with E-state index >= 15 is 0 Å². The van der Waals surface area contributed by atoms with Crippen molar-refractivity contribution in [1.29, 1.82) is 0 Å². The van der Waals surface area contributed by atoms with Gasteiger partial charge in [-0.3, -0.25) is 4.79 Å². The summed E-state index contributed by atoms with van der Waals surface area (Å²) in [7, 11) is -0.586. The molecule has 1 fully saturated rings. The van der Waals surface area contributed by atoms with Crippen LogP contribution in [0.15, 0.2) is 23.1 Å². The fourth-order valence-electron chi connectivity index (χ4n) is 2.64. The minimum atomic E-state index is -3.56. The number of benzene rings is 1. The number of anilines is 1. The first-order chi connectivity index (χ1) is 10.9. The van der Waals surface area contributed by atoms with Crippen molar-refractivity contribution in [2.75, 3.05) is 38.6 Å². The summed E-state index contributed by atoms with van der Waals surface area (Å²) >= 11 is 0. The molecule has 2 rings (SSSR count). The molecule has 0 spiro atoms. The van der Waals surface area contributed by atoms with Crippen LogP contribution in [0.5, 0.6) is 0 Å². The Morgan fingerprint density at radius 3 is 2.48 bits per heavy atom. The van der Waals surface area contributed by atoms with Gasteiger partial charge in [0.15, 0.2) is 0 Å². The largest absolute Gasteiger partial charge is 0.371 e. The maximum atomic E-state index is 12.5. The minimum absolute atomic E-state index is 0.145. The molecule has 23 heavy (non-hydrogen) atoms. The van der Waals surface area contributed by atoms with E-state index in [-0.39, 0.29) is 10.8 Å². The number of carbonyl (C=O) groups is 1. The van der Waals surface area contributed by atoms with Crippen molar-refractivity contribution in [3.05, 3.63) is 23.8 Å². The molecule has 1 aliphatic heterocycles. The predicted molar refractivity (Wildman–Crippen MR) is 91.4 cm³/mol. The highest BCUT2D eigenvalue weighted by atomic mass is 32.2. The van der Waals surface area contributed by atoms with Gasteiger partial charge < -0.3 is 10.2 Å². The summed E-state index contributed by atoms with van der Waals surface area (Å²) in [6.07, 6.45) is 3.02. The van der Waals surface area contributed by atoms with Crippen molar-refractivity contribution >= 4 is 21.6 Å². The molecule has 0 aromatic heterocycles. The number of amides is 1. The lowest BCUT2D eigenvalue weighted by Crippen LogP contribution is -2.29. The van der Waals surface area contributed by atoms with E-state index in [9.17, 15) is 13.2 Å². The summed E-state index contributed by atoms with van der Waals surface area (Å²) < 4.78 is 25.8. The SMILES string of the molecule is CCCNC(=O)c1cc(S(=O)(=O)N(C)C)ccc1N1CCCC1. The molecule has 1 aromatic carbocycles. The van der Waals surface area contributed by atoms with Crippen LogP contribution in [0, 0.1) is 0 Å². The molecule has 0 radical (unpaired) electrons. The summed E-state index contributed by atoms with van der Waals surface area (Å²) in [5.74, 6) is -0.218. The fourth-order valence-corrected chi connectivity index (χ4v) is 3.56. The molecular formula is C16H25N3O3S. The Balaban J connectivity index is 2.45. The van der Waals surface area contributed by atoms with Crippen molar-refractivity contribution in [2.24, 2.45) is 0 Å². The molecule has 1 amide bonds. The Morgan fingerprint density at radius 2 is 1.91 bits per heavy atom. The molecule has 0 atom stereocenters. The van der Waals surface area contributed by atoms with Crippen LogP contribution in [0.3, 0.4) is 0 Å². The molecule has 0 bridgehead atoms. The third-order valence-electron chi connectivity index (χ3n) is 3.97. The lowest BCUT2D eigenvalue weighted by Gasteiger charge is -2.22. The monoisotopic (exact) mass is 339 g/mol. The molecule has 7 heteroatoms. The number of hydrogen-bond donors (Lipinski definition) is 1. The Kier molecular flexibility index (Phi) is 5.64. The van der Waals surface area contributed by atoms with Crippen molar-refractivity contribution in [3.63, 3.8) is 0 Å². The molecule has 0 saturated carbocycles. The third kappa shape index (κ3) is 3.84. The van der Waals surface area contributed by atoms with E-state index < -0.39 is 10.0 Å². The maximum Gasteiger partial charge on any atom is 0.253 e. The Labute approximate surface area is 138 Å². The van der Waals surface area contributed by atoms with Crippen molar-refractivity contribution in [1.82, 2.24) is 9.62 Å². The van der Waals surface area contributed by atoms with Crippen LogP contribution in [-0.4, -0.2) is 52.4 Å². The van der Waals surface area contributed by atoms with Gasteiger partial charge in [0, 0.05) is 39.4 Å². The summed E-state index contributed by atoms with van der Waals surface area (Å²) in [5.41, 5.74) is 1.25. The summed E-state index contributed by atoms with van der Waals surface area (Å²) in [6, 6.07) is 4.83. The lowest BCUT2D eigenvalue weighted by molar-refractivity contribution is 0.0954. The Bertz CT molecular complexity index is 665. The highest BCUT2D eigenvalue weighted by molar-refractivity contribution is 7.89. The number of nitrogens with one attached hydrogen (secondary N) is 1. The molecule has 0 unspecified atom stereocenters. The Hall–Kier alpha value is -1.60. The van der Waals surface area contributed by atoms with E-state index in [1.807, 2.05) is 6.92 Å². The van der Waals surface area contributed by atoms with E-state index in [0.717, 1.165) is 42.3 Å². The first-order valence-electron chi connectivity index (χ1n) is 7.97. The van der Waals surface area contributed by atoms with Gasteiger partial charge in [-0.1, -0.05) is 6.92 Å². The molecule has 128 valence electrons. The zero-order valence-corrected chi connectivity index (χ0v) is 14.8. The van der Waals surface area contributed by atoms with E-state index in [1.54, 1.807) is 12.1 Å². The third-order valence-corrected chi connectivity index (χ3v) is 5.78. The van der Waals surface area contributed by atoms with Crippen molar-refractivity contribution in [2.45, 2.75) is 31.1 Å². The second-order valence-corrected chi connectivity index (χ2v) is 8.07. The quantitative estimate of drug-likeness (QED) is 0.856. The topological polar surface area (TPSA) is 69.7 Å². The van der Waals surface area contributed by atoms with Gasteiger partial charge in [0.05, 0.1) is 10.5 Å². The molecule has 1 heterocycles. The van der Waals surface area contributed by atoms with Crippen molar-refractivity contribution in [3.8, 4) is 0 Å². The van der Waals surface area contributed by atoms with Gasteiger partial charge in [-0.05, 0) is 37.5 Å². The molecule has 1 aromatic rings. The van der Waals surface area contributed by atoms with Gasteiger partial charge in [0.2, 0.25) is 10.0 Å². The molecular weight excluding hydrogens is 314 g/mol. The van der Waals surface area contributed by atoms with Crippen LogP contribution in [0.1, 0.15) is 36.5 Å². The molecule has 1 aliphatic rings. The predicted octanol–water partition coefficient (Wildman–Crippen LogP) is 1.68. The first kappa shape index (κ1) is 17.7. The van der Waals surface area contributed by atoms with Gasteiger partial charge in [-0.2, -0.15) is 0 Å². The second kappa shape index (κ2) is 7.31. The second-order valence-electron chi connectivity index (χ2n) is 5.92. The number of rotatable bonds is 6. The highest BCUT2D eigenvalue weighted by Gasteiger charge is 2.24. The number of hydrogen-bond acceptors (Lipinski definition) is 4. The number of carbonyl (C=O) groups excluding carboxylic acids is 1. The zero-order chi connectivity index (χ0) is 17.0. The molecule has 1 saturated heterocycles. The summed E-state index contributed by atoms with van der Waals surface area (Å²) in [5, 5.41) is 2.85. The Morgan fingerprint density at radius 1 is 1.26 bits per heavy atom. The number of sulfonamides is 1. The summed E-state index contributed by atoms with van der Waals surface area (Å²) in [4.78, 5) is 14.8. The average Bonchev–Trinajstić information content (AvgIpc) is 3.06. The first-order valence-corrected chi connectivity index (χ1v) is 9.41. The fraction of sp³-hybridized carbons (Fsp3) is 0.562. The summed E-state index contributed by atoms with van der Waals surface area (Å²) in [6.45, 7) is 4.35. The van der Waals surface area contributed by atoms with Crippen LogP contribution in [-0.2, 0) is 10.0 Å². The van der Waals surface area contributed by atoms with E-state index in [0.29, 0.717) is 12.1 Å². The van der Waals surface area contributed by atoms with Crippen LogP contribution in [0.4, 0.5) is 5.69 Å². The van der Waals surface area contributed by atoms with Gasteiger partial charge in [0.1, 0.15) is 0 Å². The van der Waals surface area contributed by atoms with E-state index in [4.69, 9.17) is 0 Å². The van der Waals surface area contributed by atoms with E-state index in [1.165, 1.54) is 20.2 Å². The normalized spacial score (nSPS) is 15.2. The molecule has 1 N–H and O–H groups in total. The lowest BCUT2D eigenvalue weighted by atomic mass is 10.1. The van der Waals surface area contributed by atoms with Gasteiger partial charge in [-0.25, -0.2) is 12.7 Å². The van der Waals surface area contributed by atoms with Crippen LogP contribution >= 0.6 is 0 Å². The van der Waals surface area contributed by atoms with Gasteiger partial charge in [-0.15, -0.1) is 0 Å². The van der Waals surface area contributed by atoms with Crippen LogP contribution in [0.25, 0.3) is 0 Å². The zero-order valence-electron chi connectivity index (χ0n) is 14.0. The van der Waals surface area contributed by atoms with Crippen molar-refractivity contribution < 1.29 is 13.2 Å². The average molecular weight is 339 g/mol. The van der Waals surface area contributed by atoms with Gasteiger partial charge in [0.25, 0.3) is 5.91 Å². The van der Waals surface area contributed by atoms with Gasteiger partial charge >= 0.3 is 0 Å². The smallest absolute Gasteiger partial charge is 0.253 e. The maximum absolute atomic E-state index is 12.5. The standard InChI is InChI=1S/C16H25N3O3S/c1-4-9-17-16(20)14-12-13(23(21,22)18(2)3)7-8-15(14)19-10-5-6-11-19/h7-8,12H,4-6,9-11H2,1-3H3,(H,17,20). The van der Waals surface area contributed by atoms with E-state index in [2.05, 4.69) is 10.2 Å². The number of nitrogens with zero attached hydrogens (tertiary/aromatic N) is 2. The van der Waals surface area contributed by atoms with Crippen LogP contribution in [0.2, 0.25) is 0 Å². The molecule has 0 aliphatic carbocycles. The van der Waals surface area contributed by atoms with Crippen LogP contribution < -0.4 is 10.2 Å². The molecule has 6 nitrogen and oxygen atoms in total. The highest BCUT2D eigenvalue weighted by Crippen LogP contribution is 2.28. The minimum Gasteiger partial charge on any atom is -0.371 e.